The Labute approximate surface area is 130 Å². The van der Waals surface area contributed by atoms with Crippen LogP contribution in [0.2, 0.25) is 10.0 Å². The number of amides is 1. The van der Waals surface area contributed by atoms with Crippen molar-refractivity contribution >= 4 is 29.1 Å². The van der Waals surface area contributed by atoms with Crippen molar-refractivity contribution in [2.24, 2.45) is 0 Å². The molecular weight excluding hydrogens is 295 g/mol. The fraction of sp³-hybridized carbons (Fsp3) is 0.533. The highest BCUT2D eigenvalue weighted by atomic mass is 35.5. The van der Waals surface area contributed by atoms with Crippen LogP contribution >= 0.6 is 23.2 Å². The average molecular weight is 315 g/mol. The molecule has 0 radical (unpaired) electrons. The van der Waals surface area contributed by atoms with E-state index < -0.39 is 0 Å². The topological polar surface area (TPSA) is 32.3 Å². The highest BCUT2D eigenvalue weighted by Crippen LogP contribution is 2.25. The zero-order valence-electron chi connectivity index (χ0n) is 11.8. The summed E-state index contributed by atoms with van der Waals surface area (Å²) in [6.07, 6.45) is 4.27. The SMILES string of the molecule is CNC1CCC(N(C)C(=O)c2cc(Cl)cc(Cl)c2)CC1. The van der Waals surface area contributed by atoms with Gasteiger partial charge in [-0.3, -0.25) is 4.79 Å². The van der Waals surface area contributed by atoms with Crippen molar-refractivity contribution in [1.29, 1.82) is 0 Å². The fourth-order valence-electron chi connectivity index (χ4n) is 2.80. The summed E-state index contributed by atoms with van der Waals surface area (Å²) in [6, 6.07) is 5.86. The van der Waals surface area contributed by atoms with Gasteiger partial charge >= 0.3 is 0 Å². The van der Waals surface area contributed by atoms with E-state index in [9.17, 15) is 4.79 Å². The maximum atomic E-state index is 12.5. The summed E-state index contributed by atoms with van der Waals surface area (Å²) in [5.41, 5.74) is 0.556. The molecule has 0 spiro atoms. The third-order valence-electron chi connectivity index (χ3n) is 4.08. The van der Waals surface area contributed by atoms with Gasteiger partial charge in [0.25, 0.3) is 5.91 Å². The van der Waals surface area contributed by atoms with Gasteiger partial charge in [-0.25, -0.2) is 0 Å². The van der Waals surface area contributed by atoms with Crippen molar-refractivity contribution in [2.45, 2.75) is 37.8 Å². The fourth-order valence-corrected chi connectivity index (χ4v) is 3.32. The molecule has 0 unspecified atom stereocenters. The first-order valence-corrected chi connectivity index (χ1v) is 7.67. The van der Waals surface area contributed by atoms with Crippen molar-refractivity contribution in [1.82, 2.24) is 10.2 Å². The Hall–Kier alpha value is -0.770. The van der Waals surface area contributed by atoms with E-state index in [0.29, 0.717) is 27.7 Å². The van der Waals surface area contributed by atoms with Crippen molar-refractivity contribution in [3.05, 3.63) is 33.8 Å². The zero-order chi connectivity index (χ0) is 14.7. The van der Waals surface area contributed by atoms with Gasteiger partial charge in [-0.15, -0.1) is 0 Å². The van der Waals surface area contributed by atoms with E-state index in [1.165, 1.54) is 0 Å². The van der Waals surface area contributed by atoms with E-state index in [-0.39, 0.29) is 5.91 Å². The van der Waals surface area contributed by atoms with Crippen LogP contribution in [0.3, 0.4) is 0 Å². The van der Waals surface area contributed by atoms with Crippen molar-refractivity contribution in [3.8, 4) is 0 Å². The summed E-state index contributed by atoms with van der Waals surface area (Å²) in [5.74, 6) is -0.0118. The summed E-state index contributed by atoms with van der Waals surface area (Å²) < 4.78 is 0. The van der Waals surface area contributed by atoms with Gasteiger partial charge in [0.2, 0.25) is 0 Å². The number of rotatable bonds is 3. The first-order chi connectivity index (χ1) is 9.51. The molecule has 0 atom stereocenters. The van der Waals surface area contributed by atoms with E-state index >= 15 is 0 Å². The average Bonchev–Trinajstić information content (AvgIpc) is 2.45. The Bertz CT molecular complexity index is 465. The van der Waals surface area contributed by atoms with E-state index in [0.717, 1.165) is 25.7 Å². The second kappa shape index (κ2) is 6.79. The van der Waals surface area contributed by atoms with Gasteiger partial charge in [0.15, 0.2) is 0 Å². The Kier molecular flexibility index (Phi) is 5.30. The minimum Gasteiger partial charge on any atom is -0.339 e. The molecule has 0 bridgehead atoms. The molecule has 1 aliphatic rings. The van der Waals surface area contributed by atoms with E-state index in [4.69, 9.17) is 23.2 Å². The molecule has 2 rings (SSSR count). The van der Waals surface area contributed by atoms with Gasteiger partial charge in [0.05, 0.1) is 0 Å². The molecule has 1 N–H and O–H groups in total. The van der Waals surface area contributed by atoms with Crippen LogP contribution in [0.1, 0.15) is 36.0 Å². The lowest BCUT2D eigenvalue weighted by molar-refractivity contribution is 0.0685. The number of carbonyl (C=O) groups excluding carboxylic acids is 1. The number of carbonyl (C=O) groups is 1. The van der Waals surface area contributed by atoms with Crippen LogP contribution < -0.4 is 5.32 Å². The number of nitrogens with zero attached hydrogens (tertiary/aromatic N) is 1. The third-order valence-corrected chi connectivity index (χ3v) is 4.52. The van der Waals surface area contributed by atoms with Crippen molar-refractivity contribution < 1.29 is 4.79 Å². The number of nitrogens with one attached hydrogen (secondary N) is 1. The molecular formula is C15H20Cl2N2O. The highest BCUT2D eigenvalue weighted by molar-refractivity contribution is 6.35. The lowest BCUT2D eigenvalue weighted by Gasteiger charge is -2.34. The molecule has 20 heavy (non-hydrogen) atoms. The van der Waals surface area contributed by atoms with Gasteiger partial charge in [-0.2, -0.15) is 0 Å². The Morgan fingerprint density at radius 3 is 2.20 bits per heavy atom. The highest BCUT2D eigenvalue weighted by Gasteiger charge is 2.26. The maximum Gasteiger partial charge on any atom is 0.253 e. The largest absolute Gasteiger partial charge is 0.339 e. The second-order valence-electron chi connectivity index (χ2n) is 5.37. The van der Waals surface area contributed by atoms with E-state index in [1.807, 2.05) is 19.0 Å². The molecule has 0 aromatic heterocycles. The zero-order valence-corrected chi connectivity index (χ0v) is 13.3. The van der Waals surface area contributed by atoms with Gasteiger partial charge in [-0.1, -0.05) is 23.2 Å². The van der Waals surface area contributed by atoms with Gasteiger partial charge < -0.3 is 10.2 Å². The lowest BCUT2D eigenvalue weighted by atomic mass is 9.90. The predicted molar refractivity (Wildman–Crippen MR) is 83.7 cm³/mol. The lowest BCUT2D eigenvalue weighted by Crippen LogP contribution is -2.42. The summed E-state index contributed by atoms with van der Waals surface area (Å²) in [4.78, 5) is 14.3. The molecule has 1 aliphatic carbocycles. The number of halogens is 2. The first-order valence-electron chi connectivity index (χ1n) is 6.91. The summed E-state index contributed by atoms with van der Waals surface area (Å²) in [6.45, 7) is 0. The minimum absolute atomic E-state index is 0.0118. The van der Waals surface area contributed by atoms with Crippen LogP contribution in [0.4, 0.5) is 0 Å². The molecule has 1 fully saturated rings. The van der Waals surface area contributed by atoms with E-state index in [1.54, 1.807) is 18.2 Å². The molecule has 0 saturated heterocycles. The van der Waals surface area contributed by atoms with Gasteiger partial charge in [0.1, 0.15) is 0 Å². The van der Waals surface area contributed by atoms with Gasteiger partial charge in [-0.05, 0) is 50.9 Å². The molecule has 1 saturated carbocycles. The number of benzene rings is 1. The molecule has 110 valence electrons. The summed E-state index contributed by atoms with van der Waals surface area (Å²) in [7, 11) is 3.86. The molecule has 5 heteroatoms. The predicted octanol–water partition coefficient (Wildman–Crippen LogP) is 3.60. The molecule has 1 aromatic carbocycles. The third kappa shape index (κ3) is 3.66. The van der Waals surface area contributed by atoms with Crippen LogP contribution in [0.15, 0.2) is 18.2 Å². The van der Waals surface area contributed by atoms with Crippen LogP contribution in [0.25, 0.3) is 0 Å². The van der Waals surface area contributed by atoms with Gasteiger partial charge in [0, 0.05) is 34.7 Å². The molecule has 3 nitrogen and oxygen atoms in total. The summed E-state index contributed by atoms with van der Waals surface area (Å²) in [5, 5.41) is 4.29. The normalized spacial score (nSPS) is 22.6. The Morgan fingerprint density at radius 1 is 1.15 bits per heavy atom. The number of hydrogen-bond acceptors (Lipinski definition) is 2. The van der Waals surface area contributed by atoms with E-state index in [2.05, 4.69) is 5.32 Å². The molecule has 0 aliphatic heterocycles. The van der Waals surface area contributed by atoms with Crippen molar-refractivity contribution in [2.75, 3.05) is 14.1 Å². The van der Waals surface area contributed by atoms with Crippen LogP contribution in [-0.2, 0) is 0 Å². The van der Waals surface area contributed by atoms with Crippen molar-refractivity contribution in [3.63, 3.8) is 0 Å². The molecule has 1 amide bonds. The first kappa shape index (κ1) is 15.6. The smallest absolute Gasteiger partial charge is 0.253 e. The van der Waals surface area contributed by atoms with Crippen LogP contribution in [0.5, 0.6) is 0 Å². The molecule has 0 heterocycles. The standard InChI is InChI=1S/C15H20Cl2N2O/c1-18-13-3-5-14(6-4-13)19(2)15(20)10-7-11(16)9-12(17)8-10/h7-9,13-14,18H,3-6H2,1-2H3. The maximum absolute atomic E-state index is 12.5. The summed E-state index contributed by atoms with van der Waals surface area (Å²) >= 11 is 11.9. The quantitative estimate of drug-likeness (QED) is 0.924. The number of hydrogen-bond donors (Lipinski definition) is 1. The minimum atomic E-state index is -0.0118. The second-order valence-corrected chi connectivity index (χ2v) is 6.24. The van der Waals surface area contributed by atoms with Crippen LogP contribution in [-0.4, -0.2) is 37.0 Å². The van der Waals surface area contributed by atoms with Crippen LogP contribution in [0, 0.1) is 0 Å². The molecule has 1 aromatic rings. The monoisotopic (exact) mass is 314 g/mol. The Morgan fingerprint density at radius 2 is 1.70 bits per heavy atom. The Balaban J connectivity index is 2.05.